The van der Waals surface area contributed by atoms with Crippen LogP contribution in [0.5, 0.6) is 0 Å². The zero-order valence-corrected chi connectivity index (χ0v) is 18.8. The molecule has 0 saturated heterocycles. The minimum absolute atomic E-state index is 0.602. The summed E-state index contributed by atoms with van der Waals surface area (Å²) in [5.41, 5.74) is 6.62. The first-order valence-electron chi connectivity index (χ1n) is 11.7. The standard InChI is InChI=1S/C32H20N2O/c1-2-11-22(12-3-1)30-29-27-17-6-7-19-28(27)35-32(29)34-31(33-30)24-15-8-14-23(20-24)26-18-9-13-21-10-4-5-16-25(21)26/h1-20H. The van der Waals surface area contributed by atoms with Crippen molar-refractivity contribution in [2.24, 2.45) is 0 Å². The molecule has 0 spiro atoms. The van der Waals surface area contributed by atoms with Crippen molar-refractivity contribution < 1.29 is 4.42 Å². The van der Waals surface area contributed by atoms with E-state index in [9.17, 15) is 0 Å². The van der Waals surface area contributed by atoms with Crippen LogP contribution in [0.3, 0.4) is 0 Å². The molecule has 2 heterocycles. The largest absolute Gasteiger partial charge is 0.438 e. The van der Waals surface area contributed by atoms with E-state index in [2.05, 4.69) is 84.9 Å². The second kappa shape index (κ2) is 7.93. The summed E-state index contributed by atoms with van der Waals surface area (Å²) in [5, 5.41) is 4.42. The third-order valence-corrected chi connectivity index (χ3v) is 6.51. The highest BCUT2D eigenvalue weighted by molar-refractivity contribution is 6.10. The summed E-state index contributed by atoms with van der Waals surface area (Å²) in [6, 6.07) is 41.6. The molecule has 7 aromatic rings. The smallest absolute Gasteiger partial charge is 0.231 e. The molecule has 7 rings (SSSR count). The van der Waals surface area contributed by atoms with Crippen LogP contribution in [-0.4, -0.2) is 9.97 Å². The van der Waals surface area contributed by atoms with Crippen molar-refractivity contribution in [2.75, 3.05) is 0 Å². The topological polar surface area (TPSA) is 38.9 Å². The Morgan fingerprint density at radius 2 is 1.20 bits per heavy atom. The lowest BCUT2D eigenvalue weighted by atomic mass is 9.97. The third-order valence-electron chi connectivity index (χ3n) is 6.51. The molecule has 164 valence electrons. The van der Waals surface area contributed by atoms with Gasteiger partial charge in [-0.1, -0.05) is 109 Å². The van der Waals surface area contributed by atoms with Crippen LogP contribution in [0.15, 0.2) is 126 Å². The fourth-order valence-electron chi connectivity index (χ4n) is 4.86. The Hall–Kier alpha value is -4.76. The average Bonchev–Trinajstić information content (AvgIpc) is 3.31. The number of fused-ring (bicyclic) bond motifs is 4. The van der Waals surface area contributed by atoms with Gasteiger partial charge in [-0.2, -0.15) is 4.98 Å². The number of nitrogens with zero attached hydrogens (tertiary/aromatic N) is 2. The Bertz CT molecular complexity index is 1850. The summed E-state index contributed by atoms with van der Waals surface area (Å²) >= 11 is 0. The van der Waals surface area contributed by atoms with Gasteiger partial charge in [0.1, 0.15) is 5.58 Å². The zero-order valence-electron chi connectivity index (χ0n) is 18.8. The molecule has 5 aromatic carbocycles. The number of para-hydroxylation sites is 1. The molecule has 0 N–H and O–H groups in total. The van der Waals surface area contributed by atoms with E-state index in [4.69, 9.17) is 14.4 Å². The molecule has 2 aromatic heterocycles. The molecule has 0 aliphatic carbocycles. The number of benzene rings is 5. The first-order chi connectivity index (χ1) is 17.3. The number of hydrogen-bond donors (Lipinski definition) is 0. The van der Waals surface area contributed by atoms with E-state index in [1.54, 1.807) is 0 Å². The van der Waals surface area contributed by atoms with Gasteiger partial charge in [-0.25, -0.2) is 4.98 Å². The second-order valence-electron chi connectivity index (χ2n) is 8.65. The lowest BCUT2D eigenvalue weighted by molar-refractivity contribution is 0.653. The van der Waals surface area contributed by atoms with Crippen molar-refractivity contribution in [2.45, 2.75) is 0 Å². The lowest BCUT2D eigenvalue weighted by Gasteiger charge is -2.10. The maximum absolute atomic E-state index is 6.20. The predicted octanol–water partition coefficient (Wildman–Crippen LogP) is 8.53. The SMILES string of the molecule is c1ccc(-c2nc(-c3cccc(-c4cccc5ccccc45)c3)nc3oc4ccccc4c23)cc1. The van der Waals surface area contributed by atoms with Crippen LogP contribution >= 0.6 is 0 Å². The molecule has 0 aliphatic rings. The quantitative estimate of drug-likeness (QED) is 0.272. The Kier molecular flexibility index (Phi) is 4.46. The molecule has 0 bridgehead atoms. The minimum atomic E-state index is 0.602. The van der Waals surface area contributed by atoms with Gasteiger partial charge in [-0.05, 0) is 34.0 Å². The Morgan fingerprint density at radius 1 is 0.514 bits per heavy atom. The molecule has 0 atom stereocenters. The first-order valence-corrected chi connectivity index (χ1v) is 11.7. The summed E-state index contributed by atoms with van der Waals surface area (Å²) in [6.07, 6.45) is 0. The van der Waals surface area contributed by atoms with E-state index < -0.39 is 0 Å². The molecule has 0 amide bonds. The maximum atomic E-state index is 6.20. The van der Waals surface area contributed by atoms with Crippen molar-refractivity contribution >= 4 is 32.8 Å². The van der Waals surface area contributed by atoms with Crippen LogP contribution in [0.1, 0.15) is 0 Å². The number of hydrogen-bond acceptors (Lipinski definition) is 3. The Labute approximate surface area is 202 Å². The molecule has 0 saturated carbocycles. The van der Waals surface area contributed by atoms with Crippen LogP contribution in [0.25, 0.3) is 66.6 Å². The average molecular weight is 449 g/mol. The summed E-state index contributed by atoms with van der Waals surface area (Å²) in [6.45, 7) is 0. The van der Waals surface area contributed by atoms with Gasteiger partial charge in [0.2, 0.25) is 5.71 Å². The van der Waals surface area contributed by atoms with Gasteiger partial charge in [-0.15, -0.1) is 0 Å². The van der Waals surface area contributed by atoms with Crippen molar-refractivity contribution in [1.82, 2.24) is 9.97 Å². The number of aromatic nitrogens is 2. The number of furan rings is 1. The minimum Gasteiger partial charge on any atom is -0.438 e. The van der Waals surface area contributed by atoms with E-state index in [0.717, 1.165) is 38.7 Å². The second-order valence-corrected chi connectivity index (χ2v) is 8.65. The molecular formula is C32H20N2O. The highest BCUT2D eigenvalue weighted by Crippen LogP contribution is 2.37. The summed E-state index contributed by atoms with van der Waals surface area (Å²) < 4.78 is 6.20. The van der Waals surface area contributed by atoms with E-state index in [1.807, 2.05) is 36.4 Å². The molecule has 3 heteroatoms. The molecular weight excluding hydrogens is 428 g/mol. The molecule has 0 fully saturated rings. The third kappa shape index (κ3) is 3.29. The van der Waals surface area contributed by atoms with Gasteiger partial charge in [0, 0.05) is 16.5 Å². The maximum Gasteiger partial charge on any atom is 0.231 e. The Morgan fingerprint density at radius 3 is 2.11 bits per heavy atom. The normalized spacial score (nSPS) is 11.4. The Balaban J connectivity index is 1.47. The lowest BCUT2D eigenvalue weighted by Crippen LogP contribution is -1.94. The van der Waals surface area contributed by atoms with E-state index >= 15 is 0 Å². The molecule has 3 nitrogen and oxygen atoms in total. The van der Waals surface area contributed by atoms with Gasteiger partial charge in [0.05, 0.1) is 11.1 Å². The molecule has 0 radical (unpaired) electrons. The van der Waals surface area contributed by atoms with Crippen LogP contribution in [0, 0.1) is 0 Å². The van der Waals surface area contributed by atoms with Crippen LogP contribution in [-0.2, 0) is 0 Å². The highest BCUT2D eigenvalue weighted by atomic mass is 16.3. The van der Waals surface area contributed by atoms with Crippen LogP contribution in [0.2, 0.25) is 0 Å². The van der Waals surface area contributed by atoms with E-state index in [-0.39, 0.29) is 0 Å². The fraction of sp³-hybridized carbons (Fsp3) is 0. The summed E-state index contributed by atoms with van der Waals surface area (Å²) in [5.74, 6) is 0.650. The summed E-state index contributed by atoms with van der Waals surface area (Å²) in [4.78, 5) is 9.98. The fourth-order valence-corrected chi connectivity index (χ4v) is 4.86. The van der Waals surface area contributed by atoms with Crippen molar-refractivity contribution in [1.29, 1.82) is 0 Å². The van der Waals surface area contributed by atoms with E-state index in [1.165, 1.54) is 16.3 Å². The van der Waals surface area contributed by atoms with Crippen molar-refractivity contribution in [3.05, 3.63) is 121 Å². The zero-order chi connectivity index (χ0) is 23.2. The molecule has 35 heavy (non-hydrogen) atoms. The van der Waals surface area contributed by atoms with Crippen LogP contribution < -0.4 is 0 Å². The van der Waals surface area contributed by atoms with Crippen LogP contribution in [0.4, 0.5) is 0 Å². The first kappa shape index (κ1) is 19.7. The predicted molar refractivity (Wildman–Crippen MR) is 143 cm³/mol. The van der Waals surface area contributed by atoms with Crippen molar-refractivity contribution in [3.63, 3.8) is 0 Å². The number of rotatable bonds is 3. The molecule has 0 aliphatic heterocycles. The van der Waals surface area contributed by atoms with E-state index in [0.29, 0.717) is 11.5 Å². The van der Waals surface area contributed by atoms with Gasteiger partial charge in [0.15, 0.2) is 5.82 Å². The monoisotopic (exact) mass is 448 g/mol. The van der Waals surface area contributed by atoms with Gasteiger partial charge < -0.3 is 4.42 Å². The van der Waals surface area contributed by atoms with Gasteiger partial charge in [-0.3, -0.25) is 0 Å². The highest BCUT2D eigenvalue weighted by Gasteiger charge is 2.18. The van der Waals surface area contributed by atoms with Gasteiger partial charge in [0.25, 0.3) is 0 Å². The summed E-state index contributed by atoms with van der Waals surface area (Å²) in [7, 11) is 0. The van der Waals surface area contributed by atoms with Crippen molar-refractivity contribution in [3.8, 4) is 33.8 Å². The van der Waals surface area contributed by atoms with Gasteiger partial charge >= 0.3 is 0 Å². The molecule has 0 unspecified atom stereocenters.